The first-order valence-electron chi connectivity index (χ1n) is 5.38. The Kier molecular flexibility index (Phi) is 4.22. The van der Waals surface area contributed by atoms with Crippen LogP contribution in [0.3, 0.4) is 0 Å². The summed E-state index contributed by atoms with van der Waals surface area (Å²) in [7, 11) is 0. The number of hydrogen-bond donors (Lipinski definition) is 0. The number of halogens is 2. The van der Waals surface area contributed by atoms with E-state index >= 15 is 0 Å². The zero-order valence-corrected chi connectivity index (χ0v) is 11.4. The number of hydrogen-bond acceptors (Lipinski definition) is 4. The summed E-state index contributed by atoms with van der Waals surface area (Å²) in [5.74, 6) is 0.0772. The lowest BCUT2D eigenvalue weighted by atomic mass is 10.2. The molecular weight excluding hydrogens is 305 g/mol. The van der Waals surface area contributed by atoms with E-state index in [2.05, 4.69) is 0 Å². The monoisotopic (exact) mass is 311 g/mol. The van der Waals surface area contributed by atoms with Gasteiger partial charge in [0.25, 0.3) is 0 Å². The van der Waals surface area contributed by atoms with Crippen molar-refractivity contribution >= 4 is 35.2 Å². The van der Waals surface area contributed by atoms with E-state index in [1.54, 1.807) is 0 Å². The van der Waals surface area contributed by atoms with E-state index < -0.39 is 4.92 Å². The first-order chi connectivity index (χ1) is 9.52. The summed E-state index contributed by atoms with van der Waals surface area (Å²) < 4.78 is 5.41. The predicted octanol–water partition coefficient (Wildman–Crippen LogP) is 4.51. The van der Waals surface area contributed by atoms with E-state index in [0.717, 1.165) is 0 Å². The Labute approximate surface area is 123 Å². The molecule has 2 aromatic carbocycles. The van der Waals surface area contributed by atoms with E-state index in [1.807, 2.05) is 0 Å². The van der Waals surface area contributed by atoms with E-state index in [4.69, 9.17) is 27.9 Å². The zero-order valence-electron chi connectivity index (χ0n) is 9.88. The van der Waals surface area contributed by atoms with Crippen molar-refractivity contribution in [1.82, 2.24) is 0 Å². The fourth-order valence-corrected chi connectivity index (χ4v) is 1.96. The standard InChI is InChI=1S/C13H7Cl2NO4/c14-9-2-1-3-11(16(18)19)13(9)20-12-5-4-8(7-17)6-10(12)15/h1-7H. The van der Waals surface area contributed by atoms with Gasteiger partial charge in [-0.3, -0.25) is 14.9 Å². The molecule has 102 valence electrons. The Bertz CT molecular complexity index is 688. The van der Waals surface area contributed by atoms with E-state index in [1.165, 1.54) is 36.4 Å². The van der Waals surface area contributed by atoms with Crippen LogP contribution in [0.2, 0.25) is 10.0 Å². The van der Waals surface area contributed by atoms with Crippen LogP contribution in [-0.2, 0) is 0 Å². The fourth-order valence-electron chi connectivity index (χ4n) is 1.53. The van der Waals surface area contributed by atoms with Crippen molar-refractivity contribution in [2.75, 3.05) is 0 Å². The van der Waals surface area contributed by atoms with Crippen LogP contribution < -0.4 is 4.74 Å². The highest BCUT2D eigenvalue weighted by molar-refractivity contribution is 6.33. The summed E-state index contributed by atoms with van der Waals surface area (Å²) in [6.07, 6.45) is 0.633. The van der Waals surface area contributed by atoms with Gasteiger partial charge in [0.2, 0.25) is 5.75 Å². The van der Waals surface area contributed by atoms with Gasteiger partial charge in [-0.1, -0.05) is 29.3 Å². The number of nitro groups is 1. The van der Waals surface area contributed by atoms with Gasteiger partial charge in [0, 0.05) is 11.6 Å². The largest absolute Gasteiger partial charge is 0.447 e. The van der Waals surface area contributed by atoms with Gasteiger partial charge in [0.05, 0.1) is 15.0 Å². The quantitative estimate of drug-likeness (QED) is 0.473. The van der Waals surface area contributed by atoms with Crippen LogP contribution in [0.15, 0.2) is 36.4 Å². The highest BCUT2D eigenvalue weighted by atomic mass is 35.5. The molecule has 0 radical (unpaired) electrons. The smallest absolute Gasteiger partial charge is 0.313 e. The number of aldehydes is 1. The van der Waals surface area contributed by atoms with Crippen molar-refractivity contribution in [2.45, 2.75) is 0 Å². The fraction of sp³-hybridized carbons (Fsp3) is 0. The summed E-state index contributed by atoms with van der Waals surface area (Å²) in [6, 6.07) is 8.51. The minimum absolute atomic E-state index is 0.0923. The average molecular weight is 312 g/mol. The second kappa shape index (κ2) is 5.90. The number of ether oxygens (including phenoxy) is 1. The molecule has 0 bridgehead atoms. The molecule has 5 nitrogen and oxygen atoms in total. The Morgan fingerprint density at radius 1 is 1.15 bits per heavy atom. The van der Waals surface area contributed by atoms with Gasteiger partial charge < -0.3 is 4.74 Å². The average Bonchev–Trinajstić information content (AvgIpc) is 2.42. The van der Waals surface area contributed by atoms with Crippen LogP contribution in [0.4, 0.5) is 5.69 Å². The Morgan fingerprint density at radius 2 is 1.90 bits per heavy atom. The molecule has 0 atom stereocenters. The molecule has 0 saturated heterocycles. The summed E-state index contributed by atoms with van der Waals surface area (Å²) in [4.78, 5) is 21.0. The molecule has 2 aromatic rings. The third-order valence-electron chi connectivity index (χ3n) is 2.45. The highest BCUT2D eigenvalue weighted by Gasteiger charge is 2.20. The molecule has 0 saturated carbocycles. The van der Waals surface area contributed by atoms with Crippen molar-refractivity contribution in [1.29, 1.82) is 0 Å². The highest BCUT2D eigenvalue weighted by Crippen LogP contribution is 2.39. The SMILES string of the molecule is O=Cc1ccc(Oc2c(Cl)cccc2[N+](=O)[O-])c(Cl)c1. The van der Waals surface area contributed by atoms with Crippen LogP contribution in [0.1, 0.15) is 10.4 Å². The van der Waals surface area contributed by atoms with Gasteiger partial charge in [-0.2, -0.15) is 0 Å². The zero-order chi connectivity index (χ0) is 14.7. The third-order valence-corrected chi connectivity index (χ3v) is 3.04. The van der Waals surface area contributed by atoms with Crippen molar-refractivity contribution < 1.29 is 14.5 Å². The number of carbonyl (C=O) groups is 1. The third kappa shape index (κ3) is 2.89. The van der Waals surface area contributed by atoms with E-state index in [-0.39, 0.29) is 27.2 Å². The van der Waals surface area contributed by atoms with Crippen molar-refractivity contribution in [3.8, 4) is 11.5 Å². The molecule has 0 fully saturated rings. The second-order valence-corrected chi connectivity index (χ2v) is 4.57. The van der Waals surface area contributed by atoms with Crippen molar-refractivity contribution in [2.24, 2.45) is 0 Å². The van der Waals surface area contributed by atoms with Crippen LogP contribution in [-0.4, -0.2) is 11.2 Å². The van der Waals surface area contributed by atoms with E-state index in [9.17, 15) is 14.9 Å². The topological polar surface area (TPSA) is 69.4 Å². The van der Waals surface area contributed by atoms with Crippen LogP contribution >= 0.6 is 23.2 Å². The van der Waals surface area contributed by atoms with Crippen molar-refractivity contribution in [3.05, 3.63) is 62.1 Å². The van der Waals surface area contributed by atoms with Gasteiger partial charge >= 0.3 is 5.69 Å². The van der Waals surface area contributed by atoms with E-state index in [0.29, 0.717) is 11.8 Å². The van der Waals surface area contributed by atoms with Crippen LogP contribution in [0.5, 0.6) is 11.5 Å². The molecule has 0 aliphatic heterocycles. The first-order valence-corrected chi connectivity index (χ1v) is 6.14. The summed E-state index contributed by atoms with van der Waals surface area (Å²) >= 11 is 11.9. The lowest BCUT2D eigenvalue weighted by Gasteiger charge is -2.09. The lowest BCUT2D eigenvalue weighted by Crippen LogP contribution is -1.95. The van der Waals surface area contributed by atoms with Crippen molar-refractivity contribution in [3.63, 3.8) is 0 Å². The maximum Gasteiger partial charge on any atom is 0.313 e. The summed E-state index contributed by atoms with van der Waals surface area (Å²) in [5, 5.41) is 11.2. The molecule has 2 rings (SSSR count). The Morgan fingerprint density at radius 3 is 2.50 bits per heavy atom. The molecule has 0 heterocycles. The number of carbonyl (C=O) groups excluding carboxylic acids is 1. The maximum atomic E-state index is 10.9. The number of para-hydroxylation sites is 1. The van der Waals surface area contributed by atoms with Gasteiger partial charge in [-0.15, -0.1) is 0 Å². The lowest BCUT2D eigenvalue weighted by molar-refractivity contribution is -0.385. The van der Waals surface area contributed by atoms with Gasteiger partial charge in [-0.25, -0.2) is 0 Å². The molecule has 0 amide bonds. The molecule has 0 aliphatic carbocycles. The molecule has 0 unspecified atom stereocenters. The second-order valence-electron chi connectivity index (χ2n) is 3.75. The van der Waals surface area contributed by atoms with Gasteiger partial charge in [0.15, 0.2) is 0 Å². The number of nitrogens with zero attached hydrogens (tertiary/aromatic N) is 1. The van der Waals surface area contributed by atoms with Gasteiger partial charge in [-0.05, 0) is 24.3 Å². The molecule has 0 aromatic heterocycles. The minimum atomic E-state index is -0.602. The number of nitro benzene ring substituents is 1. The summed E-state index contributed by atoms with van der Waals surface area (Å²) in [6.45, 7) is 0. The first kappa shape index (κ1) is 14.3. The molecular formula is C13H7Cl2NO4. The molecule has 20 heavy (non-hydrogen) atoms. The minimum Gasteiger partial charge on any atom is -0.447 e. The number of rotatable bonds is 4. The van der Waals surface area contributed by atoms with Crippen LogP contribution in [0.25, 0.3) is 0 Å². The summed E-state index contributed by atoms with van der Waals surface area (Å²) in [5.41, 5.74) is 0.101. The molecule has 0 N–H and O–H groups in total. The number of benzene rings is 2. The molecule has 7 heteroatoms. The predicted molar refractivity (Wildman–Crippen MR) is 75.0 cm³/mol. The Balaban J connectivity index is 2.44. The Hall–Kier alpha value is -2.11. The molecule has 0 spiro atoms. The van der Waals surface area contributed by atoms with Gasteiger partial charge in [0.1, 0.15) is 12.0 Å². The van der Waals surface area contributed by atoms with Crippen LogP contribution in [0, 0.1) is 10.1 Å². The maximum absolute atomic E-state index is 10.9. The normalized spacial score (nSPS) is 10.1. The molecule has 0 aliphatic rings.